The van der Waals surface area contributed by atoms with Gasteiger partial charge in [-0.3, -0.25) is 9.48 Å². The minimum Gasteiger partial charge on any atom is -0.493 e. The summed E-state index contributed by atoms with van der Waals surface area (Å²) < 4.78 is 36.4. The van der Waals surface area contributed by atoms with Gasteiger partial charge in [-0.25, -0.2) is 8.42 Å². The molecule has 1 amide bonds. The number of carbonyl (C=O) groups is 1. The number of aryl methyl sites for hydroxylation is 1. The van der Waals surface area contributed by atoms with Crippen molar-refractivity contribution in [2.24, 2.45) is 0 Å². The Balaban J connectivity index is 1.79. The number of aromatic nitrogens is 2. The molecule has 1 atom stereocenters. The van der Waals surface area contributed by atoms with Gasteiger partial charge in [-0.15, -0.1) is 0 Å². The van der Waals surface area contributed by atoms with E-state index in [2.05, 4.69) is 5.10 Å². The van der Waals surface area contributed by atoms with E-state index >= 15 is 0 Å². The minimum atomic E-state index is -3.00. The number of ether oxygens (including phenoxy) is 2. The van der Waals surface area contributed by atoms with Crippen molar-refractivity contribution in [3.05, 3.63) is 40.7 Å². The van der Waals surface area contributed by atoms with Gasteiger partial charge >= 0.3 is 0 Å². The summed E-state index contributed by atoms with van der Waals surface area (Å²) in [5.41, 5.74) is 3.15. The lowest BCUT2D eigenvalue weighted by molar-refractivity contribution is 0.0784. The predicted molar refractivity (Wildman–Crippen MR) is 114 cm³/mol. The zero-order valence-corrected chi connectivity index (χ0v) is 19.0. The van der Waals surface area contributed by atoms with Crippen molar-refractivity contribution < 1.29 is 22.7 Å². The van der Waals surface area contributed by atoms with Crippen molar-refractivity contribution in [2.45, 2.75) is 39.8 Å². The fraction of sp³-hybridized carbons (Fsp3) is 0.524. The highest BCUT2D eigenvalue weighted by atomic mass is 32.2. The topological polar surface area (TPSA) is 90.7 Å². The van der Waals surface area contributed by atoms with Crippen LogP contribution in [0.1, 0.15) is 46.7 Å². The molecule has 0 unspecified atom stereocenters. The molecule has 2 aromatic rings. The highest BCUT2D eigenvalue weighted by Gasteiger charge is 2.31. The van der Waals surface area contributed by atoms with Crippen molar-refractivity contribution in [1.29, 1.82) is 0 Å². The number of amides is 1. The first-order valence-electron chi connectivity index (χ1n) is 9.98. The number of rotatable bonds is 7. The summed E-state index contributed by atoms with van der Waals surface area (Å²) in [6.07, 6.45) is 0.574. The van der Waals surface area contributed by atoms with E-state index in [1.165, 1.54) is 0 Å². The molecule has 1 aliphatic rings. The summed E-state index contributed by atoms with van der Waals surface area (Å²) in [6, 6.07) is 4.99. The second-order valence-electron chi connectivity index (χ2n) is 7.61. The molecule has 1 aliphatic heterocycles. The molecular formula is C21H29N3O5S. The van der Waals surface area contributed by atoms with Crippen LogP contribution in [0, 0.1) is 13.8 Å². The summed E-state index contributed by atoms with van der Waals surface area (Å²) >= 11 is 0. The quantitative estimate of drug-likeness (QED) is 0.664. The van der Waals surface area contributed by atoms with Crippen LogP contribution in [0.5, 0.6) is 11.5 Å². The summed E-state index contributed by atoms with van der Waals surface area (Å²) in [4.78, 5) is 14.6. The maximum atomic E-state index is 13.0. The third-order valence-electron chi connectivity index (χ3n) is 5.48. The molecule has 1 aromatic carbocycles. The first-order valence-corrected chi connectivity index (χ1v) is 11.8. The Labute approximate surface area is 177 Å². The molecule has 0 aliphatic carbocycles. The number of hydrogen-bond acceptors (Lipinski definition) is 6. The number of nitrogens with zero attached hydrogens (tertiary/aromatic N) is 3. The van der Waals surface area contributed by atoms with Gasteiger partial charge in [-0.2, -0.15) is 5.10 Å². The first-order chi connectivity index (χ1) is 14.2. The Hall–Kier alpha value is -2.55. The van der Waals surface area contributed by atoms with Gasteiger partial charge < -0.3 is 14.4 Å². The molecule has 0 radical (unpaired) electrons. The van der Waals surface area contributed by atoms with Gasteiger partial charge in [0, 0.05) is 30.4 Å². The van der Waals surface area contributed by atoms with E-state index in [1.54, 1.807) is 37.3 Å². The standard InChI is InChI=1S/C21H29N3O5S/c1-6-29-19-8-7-16(11-20(19)28-5)21(25)23(4)12-18-14(2)22-24(15(18)3)17-9-10-30(26,27)13-17/h7-8,11,17H,6,9-10,12-13H2,1-5H3/t17-/m1/s1. The fourth-order valence-electron chi connectivity index (χ4n) is 3.85. The average molecular weight is 436 g/mol. The first kappa shape index (κ1) is 22.1. The van der Waals surface area contributed by atoms with Crippen LogP contribution in [0.3, 0.4) is 0 Å². The Kier molecular flexibility index (Phi) is 6.40. The van der Waals surface area contributed by atoms with Gasteiger partial charge in [-0.05, 0) is 45.4 Å². The lowest BCUT2D eigenvalue weighted by atomic mass is 10.1. The van der Waals surface area contributed by atoms with E-state index in [-0.39, 0.29) is 23.5 Å². The van der Waals surface area contributed by atoms with Gasteiger partial charge in [0.25, 0.3) is 5.91 Å². The van der Waals surface area contributed by atoms with Crippen LogP contribution < -0.4 is 9.47 Å². The lowest BCUT2D eigenvalue weighted by Crippen LogP contribution is -2.27. The van der Waals surface area contributed by atoms with Crippen molar-refractivity contribution in [3.63, 3.8) is 0 Å². The van der Waals surface area contributed by atoms with Crippen molar-refractivity contribution in [1.82, 2.24) is 14.7 Å². The van der Waals surface area contributed by atoms with Crippen molar-refractivity contribution in [3.8, 4) is 11.5 Å². The molecular weight excluding hydrogens is 406 g/mol. The Bertz CT molecular complexity index is 1050. The molecule has 0 bridgehead atoms. The fourth-order valence-corrected chi connectivity index (χ4v) is 5.55. The molecule has 0 N–H and O–H groups in total. The summed E-state index contributed by atoms with van der Waals surface area (Å²) in [6.45, 7) is 6.59. The smallest absolute Gasteiger partial charge is 0.254 e. The Morgan fingerprint density at radius 3 is 2.63 bits per heavy atom. The van der Waals surface area contributed by atoms with E-state index in [0.29, 0.717) is 36.6 Å². The molecule has 164 valence electrons. The van der Waals surface area contributed by atoms with Crippen LogP contribution in [0.25, 0.3) is 0 Å². The van der Waals surface area contributed by atoms with Gasteiger partial charge in [0.2, 0.25) is 0 Å². The molecule has 0 saturated carbocycles. The molecule has 0 spiro atoms. The third-order valence-corrected chi connectivity index (χ3v) is 7.23. The molecule has 1 aromatic heterocycles. The maximum absolute atomic E-state index is 13.0. The van der Waals surface area contributed by atoms with Crippen LogP contribution in [0.15, 0.2) is 18.2 Å². The summed E-state index contributed by atoms with van der Waals surface area (Å²) in [5.74, 6) is 1.28. The minimum absolute atomic E-state index is 0.120. The lowest BCUT2D eigenvalue weighted by Gasteiger charge is -2.19. The van der Waals surface area contributed by atoms with E-state index in [4.69, 9.17) is 9.47 Å². The Morgan fingerprint density at radius 1 is 1.30 bits per heavy atom. The second-order valence-corrected chi connectivity index (χ2v) is 9.84. The van der Waals surface area contributed by atoms with Gasteiger partial charge in [-0.1, -0.05) is 0 Å². The third kappa shape index (κ3) is 4.45. The van der Waals surface area contributed by atoms with Gasteiger partial charge in [0.15, 0.2) is 21.3 Å². The monoisotopic (exact) mass is 435 g/mol. The molecule has 30 heavy (non-hydrogen) atoms. The second kappa shape index (κ2) is 8.67. The average Bonchev–Trinajstić information content (AvgIpc) is 3.21. The zero-order chi connectivity index (χ0) is 22.1. The van der Waals surface area contributed by atoms with Crippen molar-refractivity contribution in [2.75, 3.05) is 32.3 Å². The van der Waals surface area contributed by atoms with E-state index in [0.717, 1.165) is 17.0 Å². The molecule has 1 fully saturated rings. The summed E-state index contributed by atoms with van der Waals surface area (Å²) in [7, 11) is 0.281. The van der Waals surface area contributed by atoms with Gasteiger partial charge in [0.1, 0.15) is 0 Å². The normalized spacial score (nSPS) is 17.7. The number of carbonyl (C=O) groups excluding carboxylic acids is 1. The van der Waals surface area contributed by atoms with Gasteiger partial charge in [0.05, 0.1) is 37.0 Å². The number of benzene rings is 1. The number of hydrogen-bond donors (Lipinski definition) is 0. The van der Waals surface area contributed by atoms with E-state index in [9.17, 15) is 13.2 Å². The summed E-state index contributed by atoms with van der Waals surface area (Å²) in [5, 5.41) is 4.58. The molecule has 9 heteroatoms. The molecule has 3 rings (SSSR count). The van der Waals surface area contributed by atoms with Crippen LogP contribution in [0.4, 0.5) is 0 Å². The maximum Gasteiger partial charge on any atom is 0.254 e. The van der Waals surface area contributed by atoms with Crippen molar-refractivity contribution >= 4 is 15.7 Å². The highest BCUT2D eigenvalue weighted by Crippen LogP contribution is 2.30. The van der Waals surface area contributed by atoms with E-state index < -0.39 is 9.84 Å². The largest absolute Gasteiger partial charge is 0.493 e. The SMILES string of the molecule is CCOc1ccc(C(=O)N(C)Cc2c(C)nn([C@@H]3CCS(=O)(=O)C3)c2C)cc1OC. The molecule has 8 nitrogen and oxygen atoms in total. The zero-order valence-electron chi connectivity index (χ0n) is 18.1. The van der Waals surface area contributed by atoms with Crippen LogP contribution in [-0.4, -0.2) is 61.3 Å². The highest BCUT2D eigenvalue weighted by molar-refractivity contribution is 7.91. The van der Waals surface area contributed by atoms with Crippen LogP contribution >= 0.6 is 0 Å². The number of methoxy groups -OCH3 is 1. The Morgan fingerprint density at radius 2 is 2.03 bits per heavy atom. The van der Waals surface area contributed by atoms with Crippen LogP contribution in [-0.2, 0) is 16.4 Å². The predicted octanol–water partition coefficient (Wildman–Crippen LogP) is 2.54. The molecule has 1 saturated heterocycles. The van der Waals surface area contributed by atoms with E-state index in [1.807, 2.05) is 25.5 Å². The molecule has 2 heterocycles. The van der Waals surface area contributed by atoms with Crippen LogP contribution in [0.2, 0.25) is 0 Å². The number of sulfone groups is 1.